The van der Waals surface area contributed by atoms with E-state index >= 15 is 0 Å². The first kappa shape index (κ1) is 62.0. The Balaban J connectivity index is 4.47. The summed E-state index contributed by atoms with van der Waals surface area (Å²) in [5, 5.41) is 0. The molecule has 0 aromatic carbocycles. The van der Waals surface area contributed by atoms with Crippen molar-refractivity contribution >= 4 is 11.9 Å². The second-order valence-electron chi connectivity index (χ2n) is 17.0. The molecule has 0 saturated heterocycles. The van der Waals surface area contributed by atoms with Crippen LogP contribution in [0.3, 0.4) is 0 Å². The molecule has 0 N–H and O–H groups in total. The minimum Gasteiger partial charge on any atom is -0.462 e. The van der Waals surface area contributed by atoms with Gasteiger partial charge in [0, 0.05) is 19.4 Å². The quantitative estimate of drug-likeness (QED) is 0.0346. The van der Waals surface area contributed by atoms with Crippen molar-refractivity contribution in [3.8, 4) is 0 Å². The number of carbonyl (C=O) groups is 2. The minimum atomic E-state index is -0.590. The van der Waals surface area contributed by atoms with Crippen molar-refractivity contribution in [3.05, 3.63) is 134 Å². The summed E-state index contributed by atoms with van der Waals surface area (Å²) in [7, 11) is 0. The zero-order chi connectivity index (χ0) is 47.7. The molecular formula is C61H98O5. The zero-order valence-electron chi connectivity index (χ0n) is 42.7. The third-order valence-electron chi connectivity index (χ3n) is 10.7. The Morgan fingerprint density at radius 2 is 0.697 bits per heavy atom. The van der Waals surface area contributed by atoms with Gasteiger partial charge in [0.2, 0.25) is 0 Å². The normalized spacial score (nSPS) is 13.3. The molecule has 0 amide bonds. The maximum Gasteiger partial charge on any atom is 0.306 e. The van der Waals surface area contributed by atoms with Gasteiger partial charge in [-0.15, -0.1) is 0 Å². The van der Waals surface area contributed by atoms with Crippen LogP contribution >= 0.6 is 0 Å². The van der Waals surface area contributed by atoms with Crippen LogP contribution in [0.1, 0.15) is 213 Å². The number of esters is 2. The molecule has 0 spiro atoms. The third kappa shape index (κ3) is 52.7. The molecule has 0 aliphatic rings. The summed E-state index contributed by atoms with van der Waals surface area (Å²) in [4.78, 5) is 25.4. The number of ether oxygens (including phenoxy) is 3. The van der Waals surface area contributed by atoms with Gasteiger partial charge in [-0.1, -0.05) is 206 Å². The van der Waals surface area contributed by atoms with Crippen molar-refractivity contribution in [2.75, 3.05) is 19.8 Å². The standard InChI is InChI=1S/C61H98O5/c1-4-7-10-13-16-19-22-25-28-31-33-36-39-42-45-48-51-54-60(62)65-58-59(57-64-56-53-50-47-44-41-38-35-30-27-24-21-18-15-12-9-6-3)66-61(63)55-52-49-46-43-40-37-34-32-29-26-23-20-17-14-11-8-5-2/h7,9-10,12,16-21,25-30,33,36,38,41-42,45,59H,4-6,8,11,13-15,22-24,31-32,34-35,37,39-40,43-44,46-58H2,1-3H3/b10-7-,12-9-,19-16-,20-17-,21-18-,28-25-,29-26-,30-27-,36-33-,41-38-,45-42-. The monoisotopic (exact) mass is 911 g/mol. The summed E-state index contributed by atoms with van der Waals surface area (Å²) >= 11 is 0. The molecule has 0 aromatic rings. The van der Waals surface area contributed by atoms with Crippen LogP contribution in [0.2, 0.25) is 0 Å². The van der Waals surface area contributed by atoms with Crippen LogP contribution in [-0.4, -0.2) is 37.9 Å². The van der Waals surface area contributed by atoms with Gasteiger partial charge in [-0.3, -0.25) is 9.59 Å². The fraction of sp³-hybridized carbons (Fsp3) is 0.607. The molecule has 372 valence electrons. The van der Waals surface area contributed by atoms with E-state index in [4.69, 9.17) is 14.2 Å². The molecule has 0 radical (unpaired) electrons. The number of hydrogen-bond acceptors (Lipinski definition) is 5. The molecule has 1 atom stereocenters. The fourth-order valence-corrected chi connectivity index (χ4v) is 6.74. The number of allylic oxidation sites excluding steroid dienone is 22. The maximum absolute atomic E-state index is 12.8. The Morgan fingerprint density at radius 1 is 0.348 bits per heavy atom. The molecular weight excluding hydrogens is 813 g/mol. The molecule has 5 heteroatoms. The first-order valence-electron chi connectivity index (χ1n) is 26.7. The van der Waals surface area contributed by atoms with Crippen LogP contribution in [0.5, 0.6) is 0 Å². The van der Waals surface area contributed by atoms with Gasteiger partial charge in [0.25, 0.3) is 0 Å². The second-order valence-corrected chi connectivity index (χ2v) is 17.0. The van der Waals surface area contributed by atoms with Crippen LogP contribution in [0.15, 0.2) is 134 Å². The summed E-state index contributed by atoms with van der Waals surface area (Å²) in [6.45, 7) is 7.42. The van der Waals surface area contributed by atoms with Crippen LogP contribution in [0.25, 0.3) is 0 Å². The minimum absolute atomic E-state index is 0.0308. The highest BCUT2D eigenvalue weighted by molar-refractivity contribution is 5.70. The molecule has 0 aromatic heterocycles. The Bertz CT molecular complexity index is 1400. The zero-order valence-corrected chi connectivity index (χ0v) is 42.7. The third-order valence-corrected chi connectivity index (χ3v) is 10.7. The van der Waals surface area contributed by atoms with E-state index in [9.17, 15) is 9.59 Å². The van der Waals surface area contributed by atoms with Crippen LogP contribution in [-0.2, 0) is 23.8 Å². The topological polar surface area (TPSA) is 61.8 Å². The molecule has 0 rings (SSSR count). The molecule has 5 nitrogen and oxygen atoms in total. The van der Waals surface area contributed by atoms with Gasteiger partial charge in [-0.25, -0.2) is 0 Å². The van der Waals surface area contributed by atoms with Gasteiger partial charge in [0.1, 0.15) is 6.61 Å². The number of rotatable bonds is 47. The van der Waals surface area contributed by atoms with E-state index in [1.165, 1.54) is 51.4 Å². The maximum atomic E-state index is 12.8. The first-order valence-corrected chi connectivity index (χ1v) is 26.7. The predicted molar refractivity (Wildman–Crippen MR) is 288 cm³/mol. The van der Waals surface area contributed by atoms with Crippen molar-refractivity contribution in [2.45, 2.75) is 219 Å². The van der Waals surface area contributed by atoms with Gasteiger partial charge >= 0.3 is 11.9 Å². The van der Waals surface area contributed by atoms with Crippen LogP contribution < -0.4 is 0 Å². The van der Waals surface area contributed by atoms with Crippen molar-refractivity contribution in [2.24, 2.45) is 0 Å². The lowest BCUT2D eigenvalue weighted by molar-refractivity contribution is -0.163. The SMILES string of the molecule is CC/C=C\C/C=C\C/C=C\C/C=C\C/C=C\CCCC(=O)OCC(COCCCCC/C=C\C/C=C\C/C=C\C/C=C\CC)OC(=O)CCCCCCCCC/C=C\C/C=C\CCCCC. The molecule has 0 heterocycles. The van der Waals surface area contributed by atoms with E-state index < -0.39 is 6.10 Å². The van der Waals surface area contributed by atoms with Crippen molar-refractivity contribution in [1.82, 2.24) is 0 Å². The van der Waals surface area contributed by atoms with Crippen LogP contribution in [0, 0.1) is 0 Å². The van der Waals surface area contributed by atoms with Crippen LogP contribution in [0.4, 0.5) is 0 Å². The van der Waals surface area contributed by atoms with E-state index in [-0.39, 0.29) is 25.2 Å². The van der Waals surface area contributed by atoms with Gasteiger partial charge in [-0.05, 0) is 128 Å². The molecule has 66 heavy (non-hydrogen) atoms. The molecule has 0 fully saturated rings. The number of hydrogen-bond donors (Lipinski definition) is 0. The Hall–Kier alpha value is -3.96. The average Bonchev–Trinajstić information content (AvgIpc) is 3.32. The van der Waals surface area contributed by atoms with Crippen molar-refractivity contribution < 1.29 is 23.8 Å². The lowest BCUT2D eigenvalue weighted by Crippen LogP contribution is -2.30. The molecule has 0 bridgehead atoms. The van der Waals surface area contributed by atoms with E-state index in [1.54, 1.807) is 0 Å². The first-order chi connectivity index (χ1) is 32.6. The smallest absolute Gasteiger partial charge is 0.306 e. The predicted octanol–water partition coefficient (Wildman–Crippen LogP) is 18.3. The number of carbonyl (C=O) groups excluding carboxylic acids is 2. The summed E-state index contributed by atoms with van der Waals surface area (Å²) < 4.78 is 17.3. The van der Waals surface area contributed by atoms with E-state index in [0.717, 1.165) is 128 Å². The summed E-state index contributed by atoms with van der Waals surface area (Å²) in [5.74, 6) is -0.501. The Morgan fingerprint density at radius 3 is 1.14 bits per heavy atom. The highest BCUT2D eigenvalue weighted by Gasteiger charge is 2.17. The van der Waals surface area contributed by atoms with Gasteiger partial charge in [0.05, 0.1) is 6.61 Å². The molecule has 0 saturated carbocycles. The summed E-state index contributed by atoms with van der Waals surface area (Å²) in [6.07, 6.45) is 79.0. The highest BCUT2D eigenvalue weighted by atomic mass is 16.6. The van der Waals surface area contributed by atoms with Crippen molar-refractivity contribution in [3.63, 3.8) is 0 Å². The molecule has 0 aliphatic carbocycles. The van der Waals surface area contributed by atoms with E-state index in [1.807, 2.05) is 0 Å². The highest BCUT2D eigenvalue weighted by Crippen LogP contribution is 2.12. The fourth-order valence-electron chi connectivity index (χ4n) is 6.74. The Kier molecular flexibility index (Phi) is 52.0. The number of unbranched alkanes of at least 4 members (excludes halogenated alkanes) is 14. The lowest BCUT2D eigenvalue weighted by Gasteiger charge is -2.18. The average molecular weight is 911 g/mol. The molecule has 1 unspecified atom stereocenters. The van der Waals surface area contributed by atoms with E-state index in [0.29, 0.717) is 19.4 Å². The molecule has 0 aliphatic heterocycles. The van der Waals surface area contributed by atoms with Crippen molar-refractivity contribution in [1.29, 1.82) is 0 Å². The Labute approximate surface area is 407 Å². The van der Waals surface area contributed by atoms with E-state index in [2.05, 4.69) is 154 Å². The second kappa shape index (κ2) is 55.4. The largest absolute Gasteiger partial charge is 0.462 e. The van der Waals surface area contributed by atoms with Gasteiger partial charge in [0.15, 0.2) is 6.10 Å². The van der Waals surface area contributed by atoms with Gasteiger partial charge < -0.3 is 14.2 Å². The lowest BCUT2D eigenvalue weighted by atomic mass is 10.1. The summed E-state index contributed by atoms with van der Waals surface area (Å²) in [5.41, 5.74) is 0. The van der Waals surface area contributed by atoms with Gasteiger partial charge in [-0.2, -0.15) is 0 Å². The summed E-state index contributed by atoms with van der Waals surface area (Å²) in [6, 6.07) is 0.